The van der Waals surface area contributed by atoms with Crippen molar-refractivity contribution in [2.45, 2.75) is 0 Å². The molecule has 0 aromatic carbocycles. The minimum absolute atomic E-state index is 0. The Bertz CT molecular complexity index is 286. The number of hydrogen-bond donors (Lipinski definition) is 1. The van der Waals surface area contributed by atoms with Crippen molar-refractivity contribution >= 4 is 11.0 Å². The summed E-state index contributed by atoms with van der Waals surface area (Å²) in [4.78, 5) is 7.09. The SMILES string of the molecule is [HH].c1cnc2[nH]ccc2c1. The van der Waals surface area contributed by atoms with E-state index < -0.39 is 0 Å². The van der Waals surface area contributed by atoms with Crippen LogP contribution in [0.2, 0.25) is 0 Å². The van der Waals surface area contributed by atoms with Gasteiger partial charge in [-0.1, -0.05) is 0 Å². The number of pyridine rings is 1. The van der Waals surface area contributed by atoms with Crippen molar-refractivity contribution in [2.75, 3.05) is 0 Å². The van der Waals surface area contributed by atoms with Crippen LogP contribution in [0.1, 0.15) is 1.43 Å². The Morgan fingerprint density at radius 1 is 1.44 bits per heavy atom. The van der Waals surface area contributed by atoms with Crippen LogP contribution < -0.4 is 0 Å². The number of aromatic amines is 1. The maximum Gasteiger partial charge on any atom is 0.137 e. The minimum atomic E-state index is 0. The molecule has 0 amide bonds. The van der Waals surface area contributed by atoms with Gasteiger partial charge in [0.2, 0.25) is 0 Å². The first kappa shape index (κ1) is 4.56. The molecule has 46 valence electrons. The Kier molecular flexibility index (Phi) is 0.803. The van der Waals surface area contributed by atoms with Crippen molar-refractivity contribution in [1.29, 1.82) is 0 Å². The van der Waals surface area contributed by atoms with Gasteiger partial charge in [-0.2, -0.15) is 0 Å². The summed E-state index contributed by atoms with van der Waals surface area (Å²) in [6.07, 6.45) is 3.66. The Morgan fingerprint density at radius 3 is 3.33 bits per heavy atom. The lowest BCUT2D eigenvalue weighted by Gasteiger charge is -1.82. The Balaban J connectivity index is 0.000000500. The molecule has 2 heteroatoms. The molecule has 0 radical (unpaired) electrons. The molecule has 2 nitrogen and oxygen atoms in total. The lowest BCUT2D eigenvalue weighted by molar-refractivity contribution is 1.33. The van der Waals surface area contributed by atoms with Crippen molar-refractivity contribution in [2.24, 2.45) is 0 Å². The molecule has 2 rings (SSSR count). The number of fused-ring (bicyclic) bond motifs is 1. The van der Waals surface area contributed by atoms with E-state index in [1.807, 2.05) is 24.4 Å². The fourth-order valence-electron chi connectivity index (χ4n) is 0.883. The van der Waals surface area contributed by atoms with Crippen LogP contribution in [0.5, 0.6) is 0 Å². The van der Waals surface area contributed by atoms with E-state index >= 15 is 0 Å². The molecule has 0 spiro atoms. The molecule has 0 saturated carbocycles. The van der Waals surface area contributed by atoms with E-state index in [9.17, 15) is 0 Å². The average Bonchev–Trinajstić information content (AvgIpc) is 2.33. The highest BCUT2D eigenvalue weighted by Gasteiger charge is 1.88. The molecule has 0 fully saturated rings. The maximum absolute atomic E-state index is 4.09. The fraction of sp³-hybridized carbons (Fsp3) is 0. The second-order valence-corrected chi connectivity index (χ2v) is 1.92. The zero-order chi connectivity index (χ0) is 6.10. The monoisotopic (exact) mass is 120 g/mol. The van der Waals surface area contributed by atoms with E-state index in [-0.39, 0.29) is 1.43 Å². The maximum atomic E-state index is 4.09. The van der Waals surface area contributed by atoms with Gasteiger partial charge in [0.15, 0.2) is 0 Å². The Morgan fingerprint density at radius 2 is 2.44 bits per heavy atom. The van der Waals surface area contributed by atoms with Crippen molar-refractivity contribution < 1.29 is 1.43 Å². The molecule has 0 aliphatic carbocycles. The van der Waals surface area contributed by atoms with Gasteiger partial charge in [0.25, 0.3) is 0 Å². The molecular weight excluding hydrogens is 112 g/mol. The summed E-state index contributed by atoms with van der Waals surface area (Å²) >= 11 is 0. The van der Waals surface area contributed by atoms with E-state index in [1.165, 1.54) is 0 Å². The van der Waals surface area contributed by atoms with Crippen LogP contribution >= 0.6 is 0 Å². The molecule has 2 aromatic rings. The third-order valence-corrected chi connectivity index (χ3v) is 1.32. The third kappa shape index (κ3) is 0.598. The van der Waals surface area contributed by atoms with Gasteiger partial charge in [0.05, 0.1) is 0 Å². The topological polar surface area (TPSA) is 28.7 Å². The summed E-state index contributed by atoms with van der Waals surface area (Å²) in [6.45, 7) is 0. The highest BCUT2D eigenvalue weighted by molar-refractivity contribution is 5.74. The summed E-state index contributed by atoms with van der Waals surface area (Å²) in [5.41, 5.74) is 0.956. The average molecular weight is 120 g/mol. The molecule has 2 aromatic heterocycles. The third-order valence-electron chi connectivity index (χ3n) is 1.32. The van der Waals surface area contributed by atoms with Gasteiger partial charge in [0.1, 0.15) is 5.65 Å². The van der Waals surface area contributed by atoms with E-state index in [0.29, 0.717) is 0 Å². The molecule has 1 N–H and O–H groups in total. The van der Waals surface area contributed by atoms with Gasteiger partial charge in [-0.05, 0) is 18.2 Å². The number of hydrogen-bond acceptors (Lipinski definition) is 1. The zero-order valence-electron chi connectivity index (χ0n) is 4.83. The minimum Gasteiger partial charge on any atom is -0.346 e. The number of nitrogens with one attached hydrogen (secondary N) is 1. The predicted octanol–water partition coefficient (Wildman–Crippen LogP) is 1.81. The molecule has 0 aliphatic heterocycles. The van der Waals surface area contributed by atoms with E-state index in [1.54, 1.807) is 6.20 Å². The fourth-order valence-corrected chi connectivity index (χ4v) is 0.883. The van der Waals surface area contributed by atoms with Gasteiger partial charge in [-0.3, -0.25) is 0 Å². The van der Waals surface area contributed by atoms with Crippen LogP contribution in [0.4, 0.5) is 0 Å². The van der Waals surface area contributed by atoms with Crippen LogP contribution in [0.25, 0.3) is 11.0 Å². The van der Waals surface area contributed by atoms with Crippen LogP contribution in [0.3, 0.4) is 0 Å². The van der Waals surface area contributed by atoms with Gasteiger partial charge < -0.3 is 4.98 Å². The normalized spacial score (nSPS) is 10.2. The standard InChI is InChI=1S/C7H6N2.H2/c1-2-6-3-5-9-7(6)8-4-1;/h1-5H,(H,8,9);1H. The lowest BCUT2D eigenvalue weighted by Crippen LogP contribution is -1.70. The molecule has 0 bridgehead atoms. The summed E-state index contributed by atoms with van der Waals surface area (Å²) in [7, 11) is 0. The molecule has 2 heterocycles. The number of nitrogens with zero attached hydrogens (tertiary/aromatic N) is 1. The van der Waals surface area contributed by atoms with Gasteiger partial charge in [-0.25, -0.2) is 4.98 Å². The second kappa shape index (κ2) is 1.58. The van der Waals surface area contributed by atoms with Gasteiger partial charge >= 0.3 is 0 Å². The van der Waals surface area contributed by atoms with Crippen LogP contribution in [0.15, 0.2) is 30.6 Å². The first-order valence-corrected chi connectivity index (χ1v) is 2.85. The zero-order valence-corrected chi connectivity index (χ0v) is 4.83. The number of H-pyrrole nitrogens is 1. The Labute approximate surface area is 54.0 Å². The van der Waals surface area contributed by atoms with E-state index in [2.05, 4.69) is 9.97 Å². The second-order valence-electron chi connectivity index (χ2n) is 1.92. The summed E-state index contributed by atoms with van der Waals surface area (Å²) in [5, 5.41) is 1.16. The molecule has 0 unspecified atom stereocenters. The quantitative estimate of drug-likeness (QED) is 0.564. The summed E-state index contributed by atoms with van der Waals surface area (Å²) in [5.74, 6) is 0. The first-order valence-electron chi connectivity index (χ1n) is 2.85. The smallest absolute Gasteiger partial charge is 0.137 e. The van der Waals surface area contributed by atoms with Crippen LogP contribution in [-0.4, -0.2) is 9.97 Å². The van der Waals surface area contributed by atoms with Crippen LogP contribution in [0, 0.1) is 0 Å². The molecule has 0 atom stereocenters. The molecule has 0 saturated heterocycles. The highest BCUT2D eigenvalue weighted by atomic mass is 14.8. The van der Waals surface area contributed by atoms with Crippen molar-refractivity contribution in [3.63, 3.8) is 0 Å². The van der Waals surface area contributed by atoms with Gasteiger partial charge in [-0.15, -0.1) is 0 Å². The Hall–Kier alpha value is -1.31. The van der Waals surface area contributed by atoms with Crippen molar-refractivity contribution in [1.82, 2.24) is 9.97 Å². The van der Waals surface area contributed by atoms with Crippen molar-refractivity contribution in [3.8, 4) is 0 Å². The van der Waals surface area contributed by atoms with E-state index in [4.69, 9.17) is 0 Å². The molecular formula is C7H8N2. The highest BCUT2D eigenvalue weighted by Crippen LogP contribution is 2.05. The predicted molar refractivity (Wildman–Crippen MR) is 38.2 cm³/mol. The summed E-state index contributed by atoms with van der Waals surface area (Å²) < 4.78 is 0. The molecule has 0 aliphatic rings. The number of aromatic nitrogens is 2. The van der Waals surface area contributed by atoms with Crippen molar-refractivity contribution in [3.05, 3.63) is 30.6 Å². The van der Waals surface area contributed by atoms with Gasteiger partial charge in [0, 0.05) is 19.2 Å². The van der Waals surface area contributed by atoms with E-state index in [0.717, 1.165) is 11.0 Å². The number of rotatable bonds is 0. The largest absolute Gasteiger partial charge is 0.346 e. The van der Waals surface area contributed by atoms with Crippen LogP contribution in [-0.2, 0) is 0 Å². The lowest BCUT2D eigenvalue weighted by atomic mass is 10.3. The first-order chi connectivity index (χ1) is 4.47. The summed E-state index contributed by atoms with van der Waals surface area (Å²) in [6, 6.07) is 5.96. The molecule has 9 heavy (non-hydrogen) atoms.